The first-order valence-electron chi connectivity index (χ1n) is 7.41. The standard InChI is InChI=1S/C16H17N3O3S/c1-3-12-8-10-13(11-9-12)19(4-2)23(20,21)15-7-5-6-14-16(15)18-22-17-14/h5-11H,3-4H2,1-2H3. The Morgan fingerprint density at radius 3 is 2.43 bits per heavy atom. The number of fused-ring (bicyclic) bond motifs is 1. The second-order valence-corrected chi connectivity index (χ2v) is 6.91. The van der Waals surface area contributed by atoms with E-state index in [1.165, 1.54) is 10.4 Å². The van der Waals surface area contributed by atoms with E-state index >= 15 is 0 Å². The maximum Gasteiger partial charge on any atom is 0.266 e. The molecule has 2 aromatic carbocycles. The van der Waals surface area contributed by atoms with Gasteiger partial charge in [-0.05, 0) is 53.5 Å². The lowest BCUT2D eigenvalue weighted by Crippen LogP contribution is -2.31. The van der Waals surface area contributed by atoms with E-state index in [-0.39, 0.29) is 10.4 Å². The van der Waals surface area contributed by atoms with Crippen molar-refractivity contribution in [2.45, 2.75) is 25.2 Å². The molecule has 3 rings (SSSR count). The quantitative estimate of drug-likeness (QED) is 0.718. The zero-order valence-corrected chi connectivity index (χ0v) is 13.7. The minimum absolute atomic E-state index is 0.0951. The van der Waals surface area contributed by atoms with Crippen LogP contribution in [0.1, 0.15) is 19.4 Å². The Balaban J connectivity index is 2.10. The molecular weight excluding hydrogens is 314 g/mol. The van der Waals surface area contributed by atoms with E-state index < -0.39 is 10.0 Å². The highest BCUT2D eigenvalue weighted by atomic mass is 32.2. The van der Waals surface area contributed by atoms with Gasteiger partial charge in [-0.1, -0.05) is 25.1 Å². The summed E-state index contributed by atoms with van der Waals surface area (Å²) in [6.07, 6.45) is 0.906. The number of aryl methyl sites for hydroxylation is 1. The Morgan fingerprint density at radius 2 is 1.78 bits per heavy atom. The highest BCUT2D eigenvalue weighted by molar-refractivity contribution is 7.93. The first kappa shape index (κ1) is 15.5. The van der Waals surface area contributed by atoms with Crippen molar-refractivity contribution >= 4 is 26.7 Å². The topological polar surface area (TPSA) is 76.3 Å². The molecule has 120 valence electrons. The molecule has 23 heavy (non-hydrogen) atoms. The highest BCUT2D eigenvalue weighted by Gasteiger charge is 2.27. The molecule has 0 amide bonds. The summed E-state index contributed by atoms with van der Waals surface area (Å²) < 4.78 is 32.1. The van der Waals surface area contributed by atoms with Gasteiger partial charge in [-0.2, -0.15) is 0 Å². The second-order valence-electron chi connectivity index (χ2n) is 5.08. The molecule has 0 atom stereocenters. The summed E-state index contributed by atoms with van der Waals surface area (Å²) in [5.74, 6) is 0. The molecule has 0 aliphatic carbocycles. The van der Waals surface area contributed by atoms with Gasteiger partial charge in [0.15, 0.2) is 5.52 Å². The average Bonchev–Trinajstić information content (AvgIpc) is 3.04. The molecule has 7 heteroatoms. The fourth-order valence-electron chi connectivity index (χ4n) is 2.50. The van der Waals surface area contributed by atoms with E-state index in [1.54, 1.807) is 19.1 Å². The third kappa shape index (κ3) is 2.68. The maximum atomic E-state index is 13.0. The van der Waals surface area contributed by atoms with Crippen LogP contribution in [0.5, 0.6) is 0 Å². The first-order chi connectivity index (χ1) is 11.1. The summed E-state index contributed by atoms with van der Waals surface area (Å²) in [6, 6.07) is 12.3. The Bertz CT molecular complexity index is 917. The summed E-state index contributed by atoms with van der Waals surface area (Å²) in [5.41, 5.74) is 2.45. The van der Waals surface area contributed by atoms with E-state index in [0.717, 1.165) is 12.0 Å². The van der Waals surface area contributed by atoms with Crippen LogP contribution in [0.2, 0.25) is 0 Å². The maximum absolute atomic E-state index is 13.0. The van der Waals surface area contributed by atoms with Gasteiger partial charge in [0.05, 0.1) is 5.69 Å². The van der Waals surface area contributed by atoms with Gasteiger partial charge in [-0.15, -0.1) is 0 Å². The highest BCUT2D eigenvalue weighted by Crippen LogP contribution is 2.27. The van der Waals surface area contributed by atoms with Gasteiger partial charge >= 0.3 is 0 Å². The van der Waals surface area contributed by atoms with Crippen molar-refractivity contribution in [3.8, 4) is 0 Å². The van der Waals surface area contributed by atoms with Crippen LogP contribution in [0.4, 0.5) is 5.69 Å². The van der Waals surface area contributed by atoms with Crippen LogP contribution < -0.4 is 4.31 Å². The fourth-order valence-corrected chi connectivity index (χ4v) is 4.11. The number of aromatic nitrogens is 2. The van der Waals surface area contributed by atoms with Gasteiger partial charge < -0.3 is 0 Å². The number of sulfonamides is 1. The predicted octanol–water partition coefficient (Wildman–Crippen LogP) is 3.00. The van der Waals surface area contributed by atoms with E-state index in [0.29, 0.717) is 17.7 Å². The third-order valence-electron chi connectivity index (χ3n) is 3.74. The molecule has 0 bridgehead atoms. The zero-order chi connectivity index (χ0) is 16.4. The van der Waals surface area contributed by atoms with Crippen LogP contribution in [0.25, 0.3) is 11.0 Å². The lowest BCUT2D eigenvalue weighted by atomic mass is 10.1. The van der Waals surface area contributed by atoms with Gasteiger partial charge in [0.25, 0.3) is 10.0 Å². The van der Waals surface area contributed by atoms with Crippen LogP contribution in [0, 0.1) is 0 Å². The number of rotatable bonds is 5. The van der Waals surface area contributed by atoms with Crippen molar-refractivity contribution in [3.05, 3.63) is 48.0 Å². The number of anilines is 1. The van der Waals surface area contributed by atoms with E-state index in [9.17, 15) is 8.42 Å². The van der Waals surface area contributed by atoms with Crippen molar-refractivity contribution in [2.75, 3.05) is 10.8 Å². The molecule has 1 aromatic heterocycles. The number of hydrogen-bond acceptors (Lipinski definition) is 5. The molecule has 0 saturated heterocycles. The van der Waals surface area contributed by atoms with Crippen LogP contribution in [0.3, 0.4) is 0 Å². The molecule has 6 nitrogen and oxygen atoms in total. The van der Waals surface area contributed by atoms with Crippen LogP contribution in [-0.4, -0.2) is 25.3 Å². The molecule has 0 spiro atoms. The number of hydrogen-bond donors (Lipinski definition) is 0. The summed E-state index contributed by atoms with van der Waals surface area (Å²) in [5, 5.41) is 7.44. The zero-order valence-electron chi connectivity index (χ0n) is 12.9. The lowest BCUT2D eigenvalue weighted by molar-refractivity contribution is 0.315. The van der Waals surface area contributed by atoms with Gasteiger partial charge in [-0.3, -0.25) is 4.31 Å². The number of benzene rings is 2. The van der Waals surface area contributed by atoms with E-state index in [4.69, 9.17) is 0 Å². The van der Waals surface area contributed by atoms with Gasteiger partial charge in [0.2, 0.25) is 0 Å². The second kappa shape index (κ2) is 6.00. The van der Waals surface area contributed by atoms with E-state index in [2.05, 4.69) is 21.9 Å². The third-order valence-corrected chi connectivity index (χ3v) is 5.67. The Kier molecular flexibility index (Phi) is 4.04. The molecule has 0 fully saturated rings. The van der Waals surface area contributed by atoms with Gasteiger partial charge in [0, 0.05) is 6.54 Å². The molecular formula is C16H17N3O3S. The number of nitrogens with zero attached hydrogens (tertiary/aromatic N) is 3. The van der Waals surface area contributed by atoms with Crippen LogP contribution in [-0.2, 0) is 16.4 Å². The molecule has 3 aromatic rings. The van der Waals surface area contributed by atoms with Crippen LogP contribution in [0.15, 0.2) is 52.0 Å². The largest absolute Gasteiger partial charge is 0.267 e. The summed E-state index contributed by atoms with van der Waals surface area (Å²) >= 11 is 0. The Hall–Kier alpha value is -2.41. The Labute approximate surface area is 134 Å². The molecule has 0 aliphatic rings. The minimum Gasteiger partial charge on any atom is -0.267 e. The molecule has 0 radical (unpaired) electrons. The lowest BCUT2D eigenvalue weighted by Gasteiger charge is -2.23. The van der Waals surface area contributed by atoms with Crippen molar-refractivity contribution in [2.24, 2.45) is 0 Å². The van der Waals surface area contributed by atoms with Gasteiger partial charge in [-0.25, -0.2) is 13.0 Å². The SMILES string of the molecule is CCc1ccc(N(CC)S(=O)(=O)c2cccc3nonc23)cc1. The fraction of sp³-hybridized carbons (Fsp3) is 0.250. The molecule has 0 aliphatic heterocycles. The first-order valence-corrected chi connectivity index (χ1v) is 8.85. The molecule has 1 heterocycles. The molecule has 0 N–H and O–H groups in total. The Morgan fingerprint density at radius 1 is 1.04 bits per heavy atom. The monoisotopic (exact) mass is 331 g/mol. The van der Waals surface area contributed by atoms with Crippen molar-refractivity contribution in [1.82, 2.24) is 10.3 Å². The molecule has 0 saturated carbocycles. The van der Waals surface area contributed by atoms with Crippen molar-refractivity contribution in [1.29, 1.82) is 0 Å². The summed E-state index contributed by atoms with van der Waals surface area (Å²) in [7, 11) is -3.75. The van der Waals surface area contributed by atoms with Crippen molar-refractivity contribution < 1.29 is 13.0 Å². The average molecular weight is 331 g/mol. The van der Waals surface area contributed by atoms with E-state index in [1.807, 2.05) is 24.3 Å². The van der Waals surface area contributed by atoms with Gasteiger partial charge in [0.1, 0.15) is 10.4 Å². The van der Waals surface area contributed by atoms with Crippen LogP contribution >= 0.6 is 0 Å². The smallest absolute Gasteiger partial charge is 0.266 e. The summed E-state index contributed by atoms with van der Waals surface area (Å²) in [4.78, 5) is 0.0951. The van der Waals surface area contributed by atoms with Crippen molar-refractivity contribution in [3.63, 3.8) is 0 Å². The minimum atomic E-state index is -3.75. The predicted molar refractivity (Wildman–Crippen MR) is 87.8 cm³/mol. The molecule has 0 unspecified atom stereocenters. The normalized spacial score (nSPS) is 11.7. The summed E-state index contributed by atoms with van der Waals surface area (Å²) in [6.45, 7) is 4.17.